The zero-order chi connectivity index (χ0) is 26.3. The van der Waals surface area contributed by atoms with Crippen LogP contribution in [0.1, 0.15) is 27.0 Å². The topological polar surface area (TPSA) is 88.6 Å². The largest absolute Gasteiger partial charge is 0.465 e. The number of nitrogens with one attached hydrogen (secondary N) is 1. The Balaban J connectivity index is 1.59. The van der Waals surface area contributed by atoms with Gasteiger partial charge in [0.1, 0.15) is 0 Å². The van der Waals surface area contributed by atoms with Crippen LogP contribution < -0.4 is 4.72 Å². The smallest absolute Gasteiger partial charge is 0.337 e. The number of rotatable bonds is 10. The number of ether oxygens (including phenoxy) is 1. The molecule has 0 aliphatic rings. The maximum absolute atomic E-state index is 13.0. The summed E-state index contributed by atoms with van der Waals surface area (Å²) in [5.74, 6) is -0.388. The highest BCUT2D eigenvalue weighted by molar-refractivity contribution is 7.92. The molecule has 0 saturated carbocycles. The van der Waals surface area contributed by atoms with Crippen LogP contribution in [-0.4, -0.2) is 31.4 Å². The predicted octanol–water partition coefficient (Wildman–Crippen LogP) is 5.52. The molecule has 0 spiro atoms. The van der Waals surface area contributed by atoms with Gasteiger partial charge in [-0.3, -0.25) is 14.6 Å². The maximum Gasteiger partial charge on any atom is 0.337 e. The van der Waals surface area contributed by atoms with Crippen LogP contribution >= 0.6 is 11.6 Å². The van der Waals surface area contributed by atoms with Crippen molar-refractivity contribution in [2.45, 2.75) is 24.5 Å². The SMILES string of the molecule is COC(=O)c1ccc(CN(Cc2cccnc2)Cc2ccccc2NS(=O)(=O)c2ccc(Cl)cc2)cc1. The minimum absolute atomic E-state index is 0.129. The second kappa shape index (κ2) is 12.0. The number of carbonyl (C=O) groups is 1. The number of pyridine rings is 1. The van der Waals surface area contributed by atoms with Gasteiger partial charge in [0.2, 0.25) is 0 Å². The van der Waals surface area contributed by atoms with Crippen LogP contribution in [0.2, 0.25) is 5.02 Å². The van der Waals surface area contributed by atoms with Gasteiger partial charge in [0, 0.05) is 37.1 Å². The van der Waals surface area contributed by atoms with Gasteiger partial charge in [0.25, 0.3) is 10.0 Å². The summed E-state index contributed by atoms with van der Waals surface area (Å²) in [5.41, 5.74) is 3.81. The number of nitrogens with zero attached hydrogens (tertiary/aromatic N) is 2. The zero-order valence-corrected chi connectivity index (χ0v) is 21.7. The average molecular weight is 536 g/mol. The van der Waals surface area contributed by atoms with E-state index in [1.807, 2.05) is 42.6 Å². The van der Waals surface area contributed by atoms with Crippen molar-refractivity contribution in [3.05, 3.63) is 125 Å². The number of para-hydroxylation sites is 1. The molecule has 4 aromatic rings. The second-order valence-electron chi connectivity index (χ2n) is 8.41. The normalized spacial score (nSPS) is 11.3. The fourth-order valence-electron chi connectivity index (χ4n) is 3.86. The molecule has 1 N–H and O–H groups in total. The van der Waals surface area contributed by atoms with Crippen molar-refractivity contribution in [3.63, 3.8) is 0 Å². The molecule has 0 aliphatic carbocycles. The van der Waals surface area contributed by atoms with Crippen LogP contribution in [0.4, 0.5) is 5.69 Å². The number of halogens is 1. The second-order valence-corrected chi connectivity index (χ2v) is 10.5. The van der Waals surface area contributed by atoms with Crippen LogP contribution in [0, 0.1) is 0 Å². The van der Waals surface area contributed by atoms with Gasteiger partial charge in [0.05, 0.1) is 23.3 Å². The Bertz CT molecular complexity index is 1450. The lowest BCUT2D eigenvalue weighted by Gasteiger charge is -2.24. The van der Waals surface area contributed by atoms with E-state index in [0.29, 0.717) is 35.9 Å². The molecule has 0 unspecified atom stereocenters. The van der Waals surface area contributed by atoms with Crippen LogP contribution in [0.3, 0.4) is 0 Å². The molecule has 0 atom stereocenters. The minimum atomic E-state index is -3.80. The van der Waals surface area contributed by atoms with Crippen LogP contribution in [0.5, 0.6) is 0 Å². The molecule has 1 heterocycles. The van der Waals surface area contributed by atoms with Crippen LogP contribution in [0.25, 0.3) is 0 Å². The van der Waals surface area contributed by atoms with Crippen LogP contribution in [0.15, 0.2) is 102 Å². The molecule has 0 radical (unpaired) electrons. The quantitative estimate of drug-likeness (QED) is 0.269. The summed E-state index contributed by atoms with van der Waals surface area (Å²) < 4.78 is 33.6. The maximum atomic E-state index is 13.0. The number of benzene rings is 3. The Morgan fingerprint density at radius 2 is 1.59 bits per heavy atom. The van der Waals surface area contributed by atoms with E-state index < -0.39 is 10.0 Å². The molecular formula is C28H26ClN3O4S. The van der Waals surface area contributed by atoms with E-state index in [1.54, 1.807) is 42.6 Å². The highest BCUT2D eigenvalue weighted by Crippen LogP contribution is 2.24. The number of anilines is 1. The van der Waals surface area contributed by atoms with E-state index in [9.17, 15) is 13.2 Å². The molecule has 0 aliphatic heterocycles. The summed E-state index contributed by atoms with van der Waals surface area (Å²) in [6.07, 6.45) is 3.53. The van der Waals surface area contributed by atoms with E-state index in [4.69, 9.17) is 16.3 Å². The van der Waals surface area contributed by atoms with Crippen molar-refractivity contribution in [3.8, 4) is 0 Å². The van der Waals surface area contributed by atoms with Crippen LogP contribution in [-0.2, 0) is 34.4 Å². The van der Waals surface area contributed by atoms with E-state index in [0.717, 1.165) is 16.7 Å². The van der Waals surface area contributed by atoms with Crippen molar-refractivity contribution in [1.29, 1.82) is 0 Å². The molecule has 0 fully saturated rings. The van der Waals surface area contributed by atoms with Crippen molar-refractivity contribution < 1.29 is 17.9 Å². The highest BCUT2D eigenvalue weighted by Gasteiger charge is 2.18. The Morgan fingerprint density at radius 3 is 2.27 bits per heavy atom. The average Bonchev–Trinajstić information content (AvgIpc) is 2.90. The van der Waals surface area contributed by atoms with Gasteiger partial charge in [-0.05, 0) is 65.2 Å². The summed E-state index contributed by atoms with van der Waals surface area (Å²) in [6.45, 7) is 1.62. The molecule has 7 nitrogen and oxygen atoms in total. The third kappa shape index (κ3) is 7.16. The summed E-state index contributed by atoms with van der Waals surface area (Å²) in [6, 6.07) is 24.5. The van der Waals surface area contributed by atoms with E-state index in [-0.39, 0.29) is 10.9 Å². The Hall–Kier alpha value is -3.72. The summed E-state index contributed by atoms with van der Waals surface area (Å²) in [4.78, 5) is 18.3. The number of sulfonamides is 1. The number of aromatic nitrogens is 1. The van der Waals surface area contributed by atoms with E-state index >= 15 is 0 Å². The fraction of sp³-hybridized carbons (Fsp3) is 0.143. The van der Waals surface area contributed by atoms with Gasteiger partial charge in [-0.2, -0.15) is 0 Å². The first-order chi connectivity index (χ1) is 17.8. The molecule has 9 heteroatoms. The highest BCUT2D eigenvalue weighted by atomic mass is 35.5. The van der Waals surface area contributed by atoms with Crippen molar-refractivity contribution in [2.24, 2.45) is 0 Å². The molecule has 1 aromatic heterocycles. The van der Waals surface area contributed by atoms with Gasteiger partial charge in [-0.25, -0.2) is 13.2 Å². The molecule has 0 bridgehead atoms. The number of hydrogen-bond acceptors (Lipinski definition) is 6. The minimum Gasteiger partial charge on any atom is -0.465 e. The first-order valence-corrected chi connectivity index (χ1v) is 13.3. The molecular weight excluding hydrogens is 510 g/mol. The zero-order valence-electron chi connectivity index (χ0n) is 20.2. The monoisotopic (exact) mass is 535 g/mol. The number of hydrogen-bond donors (Lipinski definition) is 1. The van der Waals surface area contributed by atoms with Gasteiger partial charge in [-0.1, -0.05) is 48.0 Å². The summed E-state index contributed by atoms with van der Waals surface area (Å²) >= 11 is 5.92. The third-order valence-corrected chi connectivity index (χ3v) is 7.32. The lowest BCUT2D eigenvalue weighted by atomic mass is 10.1. The Morgan fingerprint density at radius 1 is 0.892 bits per heavy atom. The van der Waals surface area contributed by atoms with Gasteiger partial charge >= 0.3 is 5.97 Å². The van der Waals surface area contributed by atoms with E-state index in [2.05, 4.69) is 14.6 Å². The molecule has 3 aromatic carbocycles. The summed E-state index contributed by atoms with van der Waals surface area (Å²) in [7, 11) is -2.45. The third-order valence-electron chi connectivity index (χ3n) is 5.69. The lowest BCUT2D eigenvalue weighted by molar-refractivity contribution is 0.0600. The van der Waals surface area contributed by atoms with Crippen molar-refractivity contribution in [1.82, 2.24) is 9.88 Å². The standard InChI is InChI=1S/C28H26ClN3O4S/c1-36-28(33)23-10-8-21(9-11-23)18-32(19-22-5-4-16-30-17-22)20-24-6-2-3-7-27(24)31-37(34,35)26-14-12-25(29)13-15-26/h2-17,31H,18-20H2,1H3. The van der Waals surface area contributed by atoms with Crippen molar-refractivity contribution >= 4 is 33.3 Å². The molecule has 37 heavy (non-hydrogen) atoms. The number of methoxy groups -OCH3 is 1. The Kier molecular flexibility index (Phi) is 8.55. The predicted molar refractivity (Wildman–Crippen MR) is 144 cm³/mol. The van der Waals surface area contributed by atoms with Gasteiger partial charge in [-0.15, -0.1) is 0 Å². The Labute approximate surface area is 221 Å². The number of esters is 1. The molecule has 0 amide bonds. The van der Waals surface area contributed by atoms with Gasteiger partial charge < -0.3 is 4.74 Å². The van der Waals surface area contributed by atoms with E-state index in [1.165, 1.54) is 19.2 Å². The molecule has 0 saturated heterocycles. The first kappa shape index (κ1) is 26.3. The summed E-state index contributed by atoms with van der Waals surface area (Å²) in [5, 5.41) is 0.463. The fourth-order valence-corrected chi connectivity index (χ4v) is 5.08. The van der Waals surface area contributed by atoms with Crippen molar-refractivity contribution in [2.75, 3.05) is 11.8 Å². The molecule has 190 valence electrons. The molecule has 4 rings (SSSR count). The first-order valence-electron chi connectivity index (χ1n) is 11.5. The number of carbonyl (C=O) groups excluding carboxylic acids is 1. The van der Waals surface area contributed by atoms with Gasteiger partial charge in [0.15, 0.2) is 0 Å². The lowest BCUT2D eigenvalue weighted by Crippen LogP contribution is -2.24.